The average Bonchev–Trinajstić information content (AvgIpc) is 2.87. The maximum atomic E-state index is 12.7. The summed E-state index contributed by atoms with van der Waals surface area (Å²) in [5.74, 6) is -0.511. The van der Waals surface area contributed by atoms with E-state index in [1.54, 1.807) is 24.3 Å². The van der Waals surface area contributed by atoms with Gasteiger partial charge in [0.15, 0.2) is 0 Å². The number of carbonyl (C=O) groups is 1. The van der Waals surface area contributed by atoms with Crippen molar-refractivity contribution >= 4 is 63.1 Å². The van der Waals surface area contributed by atoms with Crippen LogP contribution in [-0.4, -0.2) is 52.1 Å². The number of morpholine rings is 1. The third-order valence-corrected chi connectivity index (χ3v) is 7.44. The van der Waals surface area contributed by atoms with Gasteiger partial charge in [-0.15, -0.1) is 12.6 Å². The van der Waals surface area contributed by atoms with Crippen molar-refractivity contribution in [2.45, 2.75) is 16.7 Å². The number of likely N-dealkylation sites (N-methyl/N-ethyl adjacent to an activating group) is 1. The molecule has 2 N–H and O–H groups in total. The summed E-state index contributed by atoms with van der Waals surface area (Å²) in [7, 11) is -3.92. The van der Waals surface area contributed by atoms with Crippen LogP contribution in [0.15, 0.2) is 76.5 Å². The maximum absolute atomic E-state index is 12.7. The second-order valence-electron chi connectivity index (χ2n) is 7.80. The number of hydrogen-bond donors (Lipinski definition) is 3. The molecule has 1 aliphatic rings. The van der Waals surface area contributed by atoms with Gasteiger partial charge in [0.2, 0.25) is 0 Å². The zero-order chi connectivity index (χ0) is 26.1. The molecule has 1 aliphatic heterocycles. The van der Waals surface area contributed by atoms with E-state index in [2.05, 4.69) is 34.5 Å². The van der Waals surface area contributed by atoms with Crippen molar-refractivity contribution in [2.75, 3.05) is 42.9 Å². The molecule has 0 atom stereocenters. The summed E-state index contributed by atoms with van der Waals surface area (Å²) >= 11 is 16.0. The number of thiol groups is 1. The van der Waals surface area contributed by atoms with E-state index < -0.39 is 15.9 Å². The molecule has 1 heterocycles. The van der Waals surface area contributed by atoms with E-state index in [-0.39, 0.29) is 16.1 Å². The SMILES string of the molecule is CCN1CCOCC1.O=C(Nc1ccc(S)cc1)c1cc(Cl)ccc1NS(=O)(=O)c1ccc(Cl)cc1. The van der Waals surface area contributed by atoms with E-state index in [0.717, 1.165) is 31.2 Å². The van der Waals surface area contributed by atoms with Crippen molar-refractivity contribution in [3.05, 3.63) is 82.3 Å². The summed E-state index contributed by atoms with van der Waals surface area (Å²) in [5.41, 5.74) is 0.719. The highest BCUT2D eigenvalue weighted by Gasteiger charge is 2.19. The average molecular weight is 569 g/mol. The maximum Gasteiger partial charge on any atom is 0.261 e. The minimum Gasteiger partial charge on any atom is -0.379 e. The lowest BCUT2D eigenvalue weighted by Gasteiger charge is -2.24. The lowest BCUT2D eigenvalue weighted by Crippen LogP contribution is -2.35. The van der Waals surface area contributed by atoms with Crippen molar-refractivity contribution < 1.29 is 17.9 Å². The van der Waals surface area contributed by atoms with Gasteiger partial charge < -0.3 is 10.1 Å². The fraction of sp³-hybridized carbons (Fsp3) is 0.240. The molecule has 36 heavy (non-hydrogen) atoms. The summed E-state index contributed by atoms with van der Waals surface area (Å²) in [6, 6.07) is 16.8. The second kappa shape index (κ2) is 13.3. The molecular formula is C25H27Cl2N3O4S2. The molecule has 0 bridgehead atoms. The molecule has 192 valence electrons. The van der Waals surface area contributed by atoms with Crippen molar-refractivity contribution in [1.29, 1.82) is 0 Å². The summed E-state index contributed by atoms with van der Waals surface area (Å²) in [4.78, 5) is 15.9. The van der Waals surface area contributed by atoms with Crippen LogP contribution in [0.2, 0.25) is 10.0 Å². The number of amides is 1. The molecule has 1 saturated heterocycles. The molecule has 0 saturated carbocycles. The standard InChI is InChI=1S/C19H14Cl2N2O3S2.C6H13NO/c20-12-1-8-16(9-2-12)28(25,26)23-18-10-3-13(21)11-17(18)19(24)22-14-4-6-15(27)7-5-14;1-2-7-3-5-8-6-4-7/h1-11,23,27H,(H,22,24);2-6H2,1H3. The van der Waals surface area contributed by atoms with Gasteiger partial charge in [0.05, 0.1) is 29.4 Å². The Kier molecular flexibility index (Phi) is 10.5. The monoisotopic (exact) mass is 567 g/mol. The van der Waals surface area contributed by atoms with Gasteiger partial charge in [-0.05, 0) is 73.3 Å². The zero-order valence-electron chi connectivity index (χ0n) is 19.6. The van der Waals surface area contributed by atoms with Gasteiger partial charge in [-0.3, -0.25) is 14.4 Å². The molecule has 11 heteroatoms. The molecule has 0 aromatic heterocycles. The Morgan fingerprint density at radius 1 is 0.972 bits per heavy atom. The quantitative estimate of drug-likeness (QED) is 0.334. The molecule has 3 aromatic rings. The Morgan fingerprint density at radius 3 is 2.17 bits per heavy atom. The van der Waals surface area contributed by atoms with Crippen molar-refractivity contribution in [1.82, 2.24) is 4.90 Å². The molecule has 0 unspecified atom stereocenters. The van der Waals surface area contributed by atoms with E-state index in [1.807, 2.05) is 0 Å². The van der Waals surface area contributed by atoms with E-state index in [1.165, 1.54) is 49.0 Å². The Bertz CT molecular complexity index is 1270. The first kappa shape index (κ1) is 28.3. The highest BCUT2D eigenvalue weighted by atomic mass is 35.5. The van der Waals surface area contributed by atoms with Crippen molar-refractivity contribution in [3.63, 3.8) is 0 Å². The fourth-order valence-electron chi connectivity index (χ4n) is 3.27. The van der Waals surface area contributed by atoms with Gasteiger partial charge in [0.1, 0.15) is 0 Å². The number of sulfonamides is 1. The number of halogens is 2. The Balaban J connectivity index is 0.000000383. The Labute approximate surface area is 227 Å². The number of ether oxygens (including phenoxy) is 1. The Hall–Kier alpha value is -2.27. The summed E-state index contributed by atoms with van der Waals surface area (Å²) in [6.07, 6.45) is 0. The van der Waals surface area contributed by atoms with Crippen LogP contribution < -0.4 is 10.0 Å². The summed E-state index contributed by atoms with van der Waals surface area (Å²) in [5, 5.41) is 3.41. The van der Waals surface area contributed by atoms with Crippen LogP contribution in [0.25, 0.3) is 0 Å². The predicted octanol–water partition coefficient (Wildman–Crippen LogP) is 5.67. The van der Waals surface area contributed by atoms with Crippen molar-refractivity contribution in [3.8, 4) is 0 Å². The first-order valence-electron chi connectivity index (χ1n) is 11.2. The van der Waals surface area contributed by atoms with Crippen LogP contribution in [0.1, 0.15) is 17.3 Å². The van der Waals surface area contributed by atoms with Gasteiger partial charge in [0.25, 0.3) is 15.9 Å². The third kappa shape index (κ3) is 8.40. The number of nitrogens with one attached hydrogen (secondary N) is 2. The summed E-state index contributed by atoms with van der Waals surface area (Å²) in [6.45, 7) is 7.45. The molecular weight excluding hydrogens is 541 g/mol. The van der Waals surface area contributed by atoms with E-state index >= 15 is 0 Å². The van der Waals surface area contributed by atoms with Crippen LogP contribution in [0, 0.1) is 0 Å². The lowest BCUT2D eigenvalue weighted by molar-refractivity contribution is 0.0405. The largest absolute Gasteiger partial charge is 0.379 e. The number of nitrogens with zero attached hydrogens (tertiary/aromatic N) is 1. The van der Waals surface area contributed by atoms with Crippen LogP contribution in [0.5, 0.6) is 0 Å². The molecule has 4 rings (SSSR count). The lowest BCUT2D eigenvalue weighted by atomic mass is 10.1. The second-order valence-corrected chi connectivity index (χ2v) is 10.9. The fourth-order valence-corrected chi connectivity index (χ4v) is 4.80. The molecule has 0 aliphatic carbocycles. The zero-order valence-corrected chi connectivity index (χ0v) is 22.8. The number of hydrogen-bond acceptors (Lipinski definition) is 6. The van der Waals surface area contributed by atoms with E-state index in [0.29, 0.717) is 15.7 Å². The van der Waals surface area contributed by atoms with Gasteiger partial charge in [-0.25, -0.2) is 8.42 Å². The molecule has 1 amide bonds. The number of carbonyl (C=O) groups excluding carboxylic acids is 1. The van der Waals surface area contributed by atoms with Crippen LogP contribution in [0.4, 0.5) is 11.4 Å². The first-order valence-corrected chi connectivity index (χ1v) is 13.8. The van der Waals surface area contributed by atoms with Crippen LogP contribution in [-0.2, 0) is 14.8 Å². The smallest absolute Gasteiger partial charge is 0.261 e. The number of benzene rings is 3. The molecule has 3 aromatic carbocycles. The highest BCUT2D eigenvalue weighted by molar-refractivity contribution is 7.92. The highest BCUT2D eigenvalue weighted by Crippen LogP contribution is 2.25. The Morgan fingerprint density at radius 2 is 1.58 bits per heavy atom. The minimum absolute atomic E-state index is 0.0163. The topological polar surface area (TPSA) is 87.7 Å². The first-order chi connectivity index (χ1) is 17.2. The van der Waals surface area contributed by atoms with Gasteiger partial charge >= 0.3 is 0 Å². The van der Waals surface area contributed by atoms with Gasteiger partial charge in [-0.1, -0.05) is 30.1 Å². The molecule has 0 spiro atoms. The van der Waals surface area contributed by atoms with E-state index in [9.17, 15) is 13.2 Å². The molecule has 0 radical (unpaired) electrons. The molecule has 7 nitrogen and oxygen atoms in total. The predicted molar refractivity (Wildman–Crippen MR) is 148 cm³/mol. The molecule has 1 fully saturated rings. The third-order valence-electron chi connectivity index (χ3n) is 5.27. The minimum atomic E-state index is -3.92. The number of anilines is 2. The summed E-state index contributed by atoms with van der Waals surface area (Å²) < 4.78 is 32.9. The van der Waals surface area contributed by atoms with Gasteiger partial charge in [-0.2, -0.15) is 0 Å². The normalized spacial score (nSPS) is 13.9. The van der Waals surface area contributed by atoms with E-state index in [4.69, 9.17) is 27.9 Å². The van der Waals surface area contributed by atoms with Crippen LogP contribution in [0.3, 0.4) is 0 Å². The van der Waals surface area contributed by atoms with Crippen molar-refractivity contribution in [2.24, 2.45) is 0 Å². The van der Waals surface area contributed by atoms with Crippen LogP contribution >= 0.6 is 35.8 Å². The number of rotatable bonds is 6. The van der Waals surface area contributed by atoms with Gasteiger partial charge in [0, 0.05) is 33.7 Å².